The Hall–Kier alpha value is -1.65. The van der Waals surface area contributed by atoms with Crippen molar-refractivity contribution in [1.82, 2.24) is 5.32 Å². The molecule has 3 N–H and O–H groups in total. The summed E-state index contributed by atoms with van der Waals surface area (Å²) in [5.74, 6) is 0. The minimum atomic E-state index is 0.148. The van der Waals surface area contributed by atoms with Crippen LogP contribution in [0.4, 0.5) is 11.4 Å². The number of allylic oxidation sites excluding steroid dienone is 2. The fraction of sp³-hybridized carbons (Fsp3) is 0.133. The van der Waals surface area contributed by atoms with Gasteiger partial charge < -0.3 is 5.73 Å². The van der Waals surface area contributed by atoms with E-state index in [1.807, 2.05) is 12.1 Å². The third-order valence-electron chi connectivity index (χ3n) is 3.73. The van der Waals surface area contributed by atoms with Crippen molar-refractivity contribution >= 4 is 33.0 Å². The maximum absolute atomic E-state index is 5.84. The van der Waals surface area contributed by atoms with Gasteiger partial charge >= 0.3 is 0 Å². The quantitative estimate of drug-likeness (QED) is 0.723. The number of nitrogens with one attached hydrogen (secondary N) is 1. The van der Waals surface area contributed by atoms with Crippen LogP contribution in [0.3, 0.4) is 0 Å². The van der Waals surface area contributed by atoms with Gasteiger partial charge in [0, 0.05) is 15.7 Å². The van der Waals surface area contributed by atoms with Crippen LogP contribution >= 0.6 is 15.9 Å². The summed E-state index contributed by atoms with van der Waals surface area (Å²) in [6.07, 6.45) is 8.42. The molecule has 0 radical (unpaired) electrons. The highest BCUT2D eigenvalue weighted by atomic mass is 79.9. The lowest BCUT2D eigenvalue weighted by atomic mass is 9.91. The fourth-order valence-corrected chi connectivity index (χ4v) is 3.51. The fourth-order valence-electron chi connectivity index (χ4n) is 2.81. The molecule has 4 heteroatoms. The lowest BCUT2D eigenvalue weighted by Gasteiger charge is -2.31. The van der Waals surface area contributed by atoms with Crippen LogP contribution in [-0.4, -0.2) is 11.8 Å². The van der Waals surface area contributed by atoms with Gasteiger partial charge in [0.05, 0.1) is 23.5 Å². The summed E-state index contributed by atoms with van der Waals surface area (Å²) in [5, 5.41) is 3.63. The van der Waals surface area contributed by atoms with Gasteiger partial charge in [0.2, 0.25) is 0 Å². The molecule has 1 aliphatic carbocycles. The number of aliphatic imine (C=N–C) groups is 1. The van der Waals surface area contributed by atoms with Crippen LogP contribution in [0.2, 0.25) is 0 Å². The number of hydrogen-bond donors (Lipinski definition) is 2. The molecular weight excluding hydrogens is 302 g/mol. The molecule has 3 aliphatic rings. The summed E-state index contributed by atoms with van der Waals surface area (Å²) < 4.78 is 1.09. The van der Waals surface area contributed by atoms with Gasteiger partial charge in [-0.1, -0.05) is 30.4 Å². The summed E-state index contributed by atoms with van der Waals surface area (Å²) in [4.78, 5) is 4.72. The maximum Gasteiger partial charge on any atom is 0.0791 e. The van der Waals surface area contributed by atoms with Crippen molar-refractivity contribution in [2.24, 2.45) is 4.99 Å². The molecule has 1 aromatic rings. The van der Waals surface area contributed by atoms with Gasteiger partial charge in [0.1, 0.15) is 0 Å². The largest absolute Gasteiger partial charge is 0.399 e. The Morgan fingerprint density at radius 2 is 2.16 bits per heavy atom. The average molecular weight is 314 g/mol. The molecule has 0 spiro atoms. The van der Waals surface area contributed by atoms with Crippen LogP contribution in [0.15, 0.2) is 57.6 Å². The van der Waals surface area contributed by atoms with Crippen LogP contribution in [-0.2, 0) is 0 Å². The Morgan fingerprint density at radius 3 is 3.05 bits per heavy atom. The molecule has 0 bridgehead atoms. The van der Waals surface area contributed by atoms with Crippen LogP contribution < -0.4 is 11.1 Å². The zero-order valence-corrected chi connectivity index (χ0v) is 11.7. The number of nitrogens with zero attached hydrogens (tertiary/aromatic N) is 1. The van der Waals surface area contributed by atoms with Crippen molar-refractivity contribution in [2.75, 3.05) is 5.73 Å². The molecule has 4 rings (SSSR count). The van der Waals surface area contributed by atoms with E-state index in [4.69, 9.17) is 10.7 Å². The highest BCUT2D eigenvalue weighted by Gasteiger charge is 2.36. The second-order valence-electron chi connectivity index (χ2n) is 4.91. The normalized spacial score (nSPS) is 26.9. The first-order valence-corrected chi connectivity index (χ1v) is 7.02. The molecule has 2 heterocycles. The van der Waals surface area contributed by atoms with E-state index in [0.29, 0.717) is 0 Å². The van der Waals surface area contributed by atoms with Crippen molar-refractivity contribution in [1.29, 1.82) is 0 Å². The number of rotatable bonds is 0. The molecule has 0 saturated carbocycles. The molecule has 19 heavy (non-hydrogen) atoms. The number of benzene rings is 1. The molecule has 0 saturated heterocycles. The first-order valence-electron chi connectivity index (χ1n) is 6.23. The number of hydrogen-bond acceptors (Lipinski definition) is 3. The van der Waals surface area contributed by atoms with Crippen molar-refractivity contribution in [3.05, 3.63) is 58.1 Å². The standard InChI is InChI=1S/C15H12BrN3/c16-13-9-3-1-2-4-11(9)18-14-10-6-5-8(17)7-12(10)19-15(13)14/h1-7,11,14,18H,17H2. The van der Waals surface area contributed by atoms with Gasteiger partial charge in [-0.15, -0.1) is 0 Å². The van der Waals surface area contributed by atoms with Crippen molar-refractivity contribution in [3.63, 3.8) is 0 Å². The van der Waals surface area contributed by atoms with Gasteiger partial charge in [-0.25, -0.2) is 4.99 Å². The SMILES string of the molecule is Nc1ccc2c(c1)N=C1C(Br)=C3C=CC=CC3NC12. The van der Waals surface area contributed by atoms with Crippen LogP contribution in [0.1, 0.15) is 11.6 Å². The summed E-state index contributed by atoms with van der Waals surface area (Å²) in [6, 6.07) is 6.32. The van der Waals surface area contributed by atoms with E-state index in [1.54, 1.807) is 0 Å². The zero-order chi connectivity index (χ0) is 13.0. The molecule has 0 fully saturated rings. The van der Waals surface area contributed by atoms with E-state index in [1.165, 1.54) is 11.1 Å². The maximum atomic E-state index is 5.84. The van der Waals surface area contributed by atoms with E-state index < -0.39 is 0 Å². The topological polar surface area (TPSA) is 50.4 Å². The highest BCUT2D eigenvalue weighted by Crippen LogP contribution is 2.43. The van der Waals surface area contributed by atoms with Crippen molar-refractivity contribution in [2.45, 2.75) is 12.1 Å². The van der Waals surface area contributed by atoms with E-state index in [0.717, 1.165) is 21.6 Å². The van der Waals surface area contributed by atoms with E-state index in [9.17, 15) is 0 Å². The second-order valence-corrected chi connectivity index (χ2v) is 5.70. The number of halogens is 1. The molecule has 1 aromatic carbocycles. The van der Waals surface area contributed by atoms with Crippen LogP contribution in [0, 0.1) is 0 Å². The molecule has 2 unspecified atom stereocenters. The van der Waals surface area contributed by atoms with E-state index in [2.05, 4.69) is 51.6 Å². The first-order chi connectivity index (χ1) is 9.24. The number of nitrogen functional groups attached to an aromatic ring is 1. The van der Waals surface area contributed by atoms with Crippen LogP contribution in [0.25, 0.3) is 0 Å². The smallest absolute Gasteiger partial charge is 0.0791 e. The van der Waals surface area contributed by atoms with Crippen molar-refractivity contribution < 1.29 is 0 Å². The Kier molecular flexibility index (Phi) is 2.31. The first kappa shape index (κ1) is 11.2. The third kappa shape index (κ3) is 1.57. The summed E-state index contributed by atoms with van der Waals surface area (Å²) in [6.45, 7) is 0. The summed E-state index contributed by atoms with van der Waals surface area (Å²) in [7, 11) is 0. The Bertz CT molecular complexity index is 697. The van der Waals surface area contributed by atoms with Gasteiger partial charge in [-0.05, 0) is 33.6 Å². The predicted octanol–water partition coefficient (Wildman–Crippen LogP) is 3.14. The second kappa shape index (κ2) is 3.92. The van der Waals surface area contributed by atoms with Gasteiger partial charge in [0.15, 0.2) is 0 Å². The Balaban J connectivity index is 1.88. The minimum Gasteiger partial charge on any atom is -0.399 e. The van der Waals surface area contributed by atoms with E-state index in [-0.39, 0.29) is 12.1 Å². The number of fused-ring (bicyclic) bond motifs is 4. The summed E-state index contributed by atoms with van der Waals surface area (Å²) in [5.41, 5.74) is 11.0. The Labute approximate surface area is 119 Å². The zero-order valence-electron chi connectivity index (χ0n) is 10.1. The number of nitrogens with two attached hydrogens (primary N) is 1. The van der Waals surface area contributed by atoms with Crippen LogP contribution in [0.5, 0.6) is 0 Å². The average Bonchev–Trinajstić information content (AvgIpc) is 2.77. The van der Waals surface area contributed by atoms with Crippen molar-refractivity contribution in [3.8, 4) is 0 Å². The predicted molar refractivity (Wildman–Crippen MR) is 81.8 cm³/mol. The lowest BCUT2D eigenvalue weighted by molar-refractivity contribution is 0.612. The molecule has 2 atom stereocenters. The lowest BCUT2D eigenvalue weighted by Crippen LogP contribution is -2.41. The minimum absolute atomic E-state index is 0.148. The summed E-state index contributed by atoms with van der Waals surface area (Å²) >= 11 is 3.71. The molecule has 0 aromatic heterocycles. The monoisotopic (exact) mass is 313 g/mol. The number of anilines is 1. The molecule has 2 aliphatic heterocycles. The third-order valence-corrected chi connectivity index (χ3v) is 4.59. The Morgan fingerprint density at radius 1 is 1.26 bits per heavy atom. The van der Waals surface area contributed by atoms with E-state index >= 15 is 0 Å². The molecule has 3 nitrogen and oxygen atoms in total. The highest BCUT2D eigenvalue weighted by molar-refractivity contribution is 9.12. The van der Waals surface area contributed by atoms with Gasteiger partial charge in [-0.3, -0.25) is 5.32 Å². The molecule has 0 amide bonds. The van der Waals surface area contributed by atoms with Gasteiger partial charge in [0.25, 0.3) is 0 Å². The molecule has 94 valence electrons. The molecular formula is C15H12BrN3. The van der Waals surface area contributed by atoms with Gasteiger partial charge in [-0.2, -0.15) is 0 Å².